The van der Waals surface area contributed by atoms with E-state index in [-0.39, 0.29) is 5.82 Å². The van der Waals surface area contributed by atoms with Gasteiger partial charge in [0.1, 0.15) is 11.5 Å². The number of tetrazole rings is 1. The van der Waals surface area contributed by atoms with Crippen molar-refractivity contribution in [3.8, 4) is 22.9 Å². The number of carboxylic acid groups (broad SMARTS) is 1. The average Bonchev–Trinajstić information content (AvgIpc) is 2.94. The van der Waals surface area contributed by atoms with Crippen LogP contribution in [0.25, 0.3) is 11.4 Å². The summed E-state index contributed by atoms with van der Waals surface area (Å²) in [6.07, 6.45) is -1.17. The molecule has 1 heterocycles. The van der Waals surface area contributed by atoms with Crippen molar-refractivity contribution in [2.45, 2.75) is 19.1 Å². The molecular weight excluding hydrogens is 292 g/mol. The highest BCUT2D eigenvalue weighted by Crippen LogP contribution is 2.29. The summed E-state index contributed by atoms with van der Waals surface area (Å²) in [5.41, 5.74) is 0.508. The number of carbonyl (C=O) groups is 1. The van der Waals surface area contributed by atoms with Crippen molar-refractivity contribution in [2.24, 2.45) is 0 Å². The first-order valence-corrected chi connectivity index (χ1v) is 6.40. The molecule has 2 aromatic rings. The fourth-order valence-corrected chi connectivity index (χ4v) is 2.02. The van der Waals surface area contributed by atoms with Crippen molar-refractivity contribution in [3.05, 3.63) is 18.2 Å². The summed E-state index contributed by atoms with van der Waals surface area (Å²) < 4.78 is 11.4. The largest absolute Gasteiger partial charge is 0.497 e. The number of aliphatic hydroxyl groups is 1. The van der Waals surface area contributed by atoms with Crippen LogP contribution >= 0.6 is 0 Å². The van der Waals surface area contributed by atoms with E-state index in [0.717, 1.165) is 4.68 Å². The number of hydrogen-bond acceptors (Lipinski definition) is 7. The minimum absolute atomic E-state index is 0.186. The molecule has 0 aliphatic carbocycles. The summed E-state index contributed by atoms with van der Waals surface area (Å²) in [7, 11) is 2.99. The molecule has 0 aliphatic heterocycles. The quantitative estimate of drug-likeness (QED) is 0.785. The minimum Gasteiger partial charge on any atom is -0.497 e. The highest BCUT2D eigenvalue weighted by atomic mass is 16.5. The van der Waals surface area contributed by atoms with Gasteiger partial charge >= 0.3 is 5.97 Å². The van der Waals surface area contributed by atoms with Gasteiger partial charge in [-0.05, 0) is 29.5 Å². The molecule has 2 unspecified atom stereocenters. The van der Waals surface area contributed by atoms with Gasteiger partial charge in [-0.3, -0.25) is 0 Å². The molecule has 2 rings (SSSR count). The van der Waals surface area contributed by atoms with Crippen LogP contribution in [0.2, 0.25) is 0 Å². The maximum absolute atomic E-state index is 11.3. The topological polar surface area (TPSA) is 120 Å². The highest BCUT2D eigenvalue weighted by Gasteiger charge is 2.29. The van der Waals surface area contributed by atoms with Gasteiger partial charge in [0.05, 0.1) is 20.3 Å². The second-order valence-electron chi connectivity index (χ2n) is 4.57. The zero-order chi connectivity index (χ0) is 16.3. The molecule has 0 amide bonds. The lowest BCUT2D eigenvalue weighted by molar-refractivity contribution is -0.144. The van der Waals surface area contributed by atoms with E-state index < -0.39 is 18.1 Å². The number of aromatic nitrogens is 4. The molecule has 118 valence electrons. The molecule has 0 bridgehead atoms. The lowest BCUT2D eigenvalue weighted by Crippen LogP contribution is -2.30. The lowest BCUT2D eigenvalue weighted by atomic mass is 10.1. The molecule has 0 saturated carbocycles. The van der Waals surface area contributed by atoms with Gasteiger partial charge in [-0.2, -0.15) is 0 Å². The molecular formula is C13H16N4O5. The molecule has 0 radical (unpaired) electrons. The summed E-state index contributed by atoms with van der Waals surface area (Å²) in [4.78, 5) is 11.3. The second kappa shape index (κ2) is 6.39. The molecule has 0 aliphatic rings. The molecule has 9 nitrogen and oxygen atoms in total. The Morgan fingerprint density at radius 2 is 1.82 bits per heavy atom. The van der Waals surface area contributed by atoms with E-state index in [0.29, 0.717) is 17.1 Å². The van der Waals surface area contributed by atoms with Crippen molar-refractivity contribution >= 4 is 5.97 Å². The normalized spacial score (nSPS) is 13.5. The predicted octanol–water partition coefficient (Wildman–Crippen LogP) is 0.364. The predicted molar refractivity (Wildman–Crippen MR) is 74.7 cm³/mol. The van der Waals surface area contributed by atoms with Crippen LogP contribution in [0.1, 0.15) is 13.0 Å². The number of ether oxygens (including phenoxy) is 2. The SMILES string of the molecule is COc1cc(OC)cc(-c2nnnn2C(C(=O)O)C(C)O)c1. The number of aliphatic carboxylic acids is 1. The van der Waals surface area contributed by atoms with E-state index in [4.69, 9.17) is 9.47 Å². The van der Waals surface area contributed by atoms with Crippen LogP contribution in [0.3, 0.4) is 0 Å². The van der Waals surface area contributed by atoms with Crippen molar-refractivity contribution in [3.63, 3.8) is 0 Å². The van der Waals surface area contributed by atoms with E-state index in [1.807, 2.05) is 0 Å². The van der Waals surface area contributed by atoms with E-state index >= 15 is 0 Å². The number of methoxy groups -OCH3 is 2. The molecule has 2 N–H and O–H groups in total. The summed E-state index contributed by atoms with van der Waals surface area (Å²) in [5, 5.41) is 30.0. The Kier molecular flexibility index (Phi) is 4.56. The fourth-order valence-electron chi connectivity index (χ4n) is 2.02. The summed E-state index contributed by atoms with van der Waals surface area (Å²) in [5.74, 6) is -0.0374. The number of benzene rings is 1. The van der Waals surface area contributed by atoms with Gasteiger partial charge in [-0.1, -0.05) is 0 Å². The zero-order valence-corrected chi connectivity index (χ0v) is 12.3. The Morgan fingerprint density at radius 1 is 1.23 bits per heavy atom. The minimum atomic E-state index is -1.30. The van der Waals surface area contributed by atoms with Crippen LogP contribution in [0.5, 0.6) is 11.5 Å². The Balaban J connectivity index is 2.55. The van der Waals surface area contributed by atoms with Gasteiger partial charge in [-0.15, -0.1) is 5.10 Å². The van der Waals surface area contributed by atoms with E-state index in [1.54, 1.807) is 18.2 Å². The van der Waals surface area contributed by atoms with Crippen molar-refractivity contribution in [2.75, 3.05) is 14.2 Å². The number of carboxylic acids is 1. The van der Waals surface area contributed by atoms with Crippen LogP contribution < -0.4 is 9.47 Å². The number of aliphatic hydroxyl groups excluding tert-OH is 1. The number of hydrogen-bond donors (Lipinski definition) is 2. The van der Waals surface area contributed by atoms with Crippen LogP contribution in [0, 0.1) is 0 Å². The number of rotatable bonds is 6. The van der Waals surface area contributed by atoms with Crippen molar-refractivity contribution in [1.82, 2.24) is 20.2 Å². The van der Waals surface area contributed by atoms with Crippen molar-refractivity contribution < 1.29 is 24.5 Å². The summed E-state index contributed by atoms with van der Waals surface area (Å²) in [6.45, 7) is 1.36. The fraction of sp³-hybridized carbons (Fsp3) is 0.385. The smallest absolute Gasteiger partial charge is 0.331 e. The third kappa shape index (κ3) is 2.98. The molecule has 9 heteroatoms. The Labute approximate surface area is 126 Å². The molecule has 22 heavy (non-hydrogen) atoms. The monoisotopic (exact) mass is 308 g/mol. The molecule has 0 fully saturated rings. The first-order valence-electron chi connectivity index (χ1n) is 6.40. The summed E-state index contributed by atoms with van der Waals surface area (Å²) in [6, 6.07) is 3.65. The summed E-state index contributed by atoms with van der Waals surface area (Å²) >= 11 is 0. The standard InChI is InChI=1S/C13H16N4O5/c1-7(18)11(13(19)20)17-12(14-15-16-17)8-4-9(21-2)6-10(5-8)22-3/h4-7,11,18H,1-3H3,(H,19,20). The Bertz CT molecular complexity index is 648. The van der Waals surface area contributed by atoms with Gasteiger partial charge < -0.3 is 19.7 Å². The molecule has 0 saturated heterocycles. The molecule has 1 aromatic carbocycles. The van der Waals surface area contributed by atoms with E-state index in [9.17, 15) is 15.0 Å². The first kappa shape index (κ1) is 15.7. The van der Waals surface area contributed by atoms with Gasteiger partial charge in [0.2, 0.25) is 0 Å². The van der Waals surface area contributed by atoms with Gasteiger partial charge in [0, 0.05) is 11.6 Å². The van der Waals surface area contributed by atoms with Crippen LogP contribution in [0.15, 0.2) is 18.2 Å². The maximum Gasteiger partial charge on any atom is 0.331 e. The van der Waals surface area contributed by atoms with E-state index in [1.165, 1.54) is 21.1 Å². The first-order chi connectivity index (χ1) is 10.5. The third-order valence-electron chi connectivity index (χ3n) is 3.08. The average molecular weight is 308 g/mol. The van der Waals surface area contributed by atoms with E-state index in [2.05, 4.69) is 15.5 Å². The molecule has 1 aromatic heterocycles. The Hall–Kier alpha value is -2.68. The molecule has 0 spiro atoms. The van der Waals surface area contributed by atoms with Crippen LogP contribution in [0.4, 0.5) is 0 Å². The second-order valence-corrected chi connectivity index (χ2v) is 4.57. The van der Waals surface area contributed by atoms with Crippen LogP contribution in [-0.4, -0.2) is 56.7 Å². The van der Waals surface area contributed by atoms with Gasteiger partial charge in [-0.25, -0.2) is 9.48 Å². The van der Waals surface area contributed by atoms with Crippen LogP contribution in [-0.2, 0) is 4.79 Å². The number of nitrogens with zero attached hydrogens (tertiary/aromatic N) is 4. The zero-order valence-electron chi connectivity index (χ0n) is 12.3. The van der Waals surface area contributed by atoms with Gasteiger partial charge in [0.25, 0.3) is 0 Å². The lowest BCUT2D eigenvalue weighted by Gasteiger charge is -2.17. The highest BCUT2D eigenvalue weighted by molar-refractivity contribution is 5.73. The van der Waals surface area contributed by atoms with Gasteiger partial charge in [0.15, 0.2) is 11.9 Å². The molecule has 2 atom stereocenters. The van der Waals surface area contributed by atoms with Crippen molar-refractivity contribution in [1.29, 1.82) is 0 Å². The Morgan fingerprint density at radius 3 is 2.27 bits per heavy atom. The maximum atomic E-state index is 11.3. The third-order valence-corrected chi connectivity index (χ3v) is 3.08.